The molecule has 0 bridgehead atoms. The van der Waals surface area contributed by atoms with E-state index in [1.807, 2.05) is 0 Å². The zero-order chi connectivity index (χ0) is 21.1. The Morgan fingerprint density at radius 3 is 2.14 bits per heavy atom. The van der Waals surface area contributed by atoms with Gasteiger partial charge in [-0.1, -0.05) is 12.8 Å². The number of amides is 3. The van der Waals surface area contributed by atoms with Crippen molar-refractivity contribution in [1.29, 1.82) is 0 Å². The van der Waals surface area contributed by atoms with Crippen LogP contribution >= 0.6 is 0 Å². The van der Waals surface area contributed by atoms with E-state index < -0.39 is 24.5 Å². The number of carbonyl (C=O) groups is 5. The van der Waals surface area contributed by atoms with Crippen molar-refractivity contribution in [1.82, 2.24) is 4.90 Å². The third-order valence-electron chi connectivity index (χ3n) is 5.52. The van der Waals surface area contributed by atoms with E-state index in [1.165, 1.54) is 13.8 Å². The van der Waals surface area contributed by atoms with Gasteiger partial charge in [0.05, 0.1) is 11.8 Å². The number of fused-ring (bicyclic) bond motifs is 1. The summed E-state index contributed by atoms with van der Waals surface area (Å²) in [6.45, 7) is 2.34. The molecule has 2 fully saturated rings. The van der Waals surface area contributed by atoms with E-state index >= 15 is 0 Å². The lowest BCUT2D eigenvalue weighted by molar-refractivity contribution is -0.159. The fraction of sp³-hybridized carbons (Fsp3) is 0.476. The van der Waals surface area contributed by atoms with Crippen LogP contribution < -0.4 is 5.32 Å². The number of ether oxygens (including phenoxy) is 1. The van der Waals surface area contributed by atoms with Crippen LogP contribution in [0.4, 0.5) is 5.69 Å². The molecule has 1 aliphatic heterocycles. The number of nitrogens with one attached hydrogen (secondary N) is 1. The molecule has 0 aromatic heterocycles. The Morgan fingerprint density at radius 1 is 1.07 bits per heavy atom. The predicted molar refractivity (Wildman–Crippen MR) is 103 cm³/mol. The maximum Gasteiger partial charge on any atom is 0.329 e. The van der Waals surface area contributed by atoms with Crippen LogP contribution in [0.5, 0.6) is 0 Å². The van der Waals surface area contributed by atoms with Crippen LogP contribution in [0.2, 0.25) is 0 Å². The third-order valence-corrected chi connectivity index (χ3v) is 5.52. The molecule has 2 aliphatic rings. The molecule has 8 nitrogen and oxygen atoms in total. The first-order chi connectivity index (χ1) is 13.8. The molecule has 3 atom stereocenters. The first-order valence-corrected chi connectivity index (χ1v) is 9.74. The maximum atomic E-state index is 12.5. The van der Waals surface area contributed by atoms with E-state index in [0.29, 0.717) is 24.1 Å². The smallest absolute Gasteiger partial charge is 0.329 e. The second-order valence-electron chi connectivity index (χ2n) is 7.51. The van der Waals surface area contributed by atoms with E-state index in [0.717, 1.165) is 17.7 Å². The highest BCUT2D eigenvalue weighted by molar-refractivity contribution is 6.08. The van der Waals surface area contributed by atoms with Gasteiger partial charge in [-0.15, -0.1) is 0 Å². The van der Waals surface area contributed by atoms with Gasteiger partial charge in [0, 0.05) is 11.3 Å². The number of nitrogens with zero attached hydrogens (tertiary/aromatic N) is 1. The first kappa shape index (κ1) is 20.7. The maximum absolute atomic E-state index is 12.5. The van der Waals surface area contributed by atoms with Crippen LogP contribution in [0.25, 0.3) is 0 Å². The Bertz CT molecular complexity index is 823. The minimum absolute atomic E-state index is 0.0864. The fourth-order valence-electron chi connectivity index (χ4n) is 3.92. The summed E-state index contributed by atoms with van der Waals surface area (Å²) in [7, 11) is 0. The summed E-state index contributed by atoms with van der Waals surface area (Å²) in [6.07, 6.45) is 3.14. The van der Waals surface area contributed by atoms with Crippen LogP contribution in [0.3, 0.4) is 0 Å². The van der Waals surface area contributed by atoms with Gasteiger partial charge in [0.15, 0.2) is 12.4 Å². The second-order valence-corrected chi connectivity index (χ2v) is 7.51. The average molecular weight is 400 g/mol. The molecular weight excluding hydrogens is 376 g/mol. The molecule has 1 aromatic rings. The highest BCUT2D eigenvalue weighted by Crippen LogP contribution is 2.38. The summed E-state index contributed by atoms with van der Waals surface area (Å²) < 4.78 is 5.01. The largest absolute Gasteiger partial charge is 0.454 e. The van der Waals surface area contributed by atoms with Crippen LogP contribution in [0.15, 0.2) is 24.3 Å². The SMILES string of the molecule is CC(=O)c1ccc(NC(=O)COC(=O)[C@H](C)N2C(=O)[C@H]3CCCC[C@H]3C2=O)cc1. The monoisotopic (exact) mass is 400 g/mol. The van der Waals surface area contributed by atoms with Gasteiger partial charge < -0.3 is 10.1 Å². The van der Waals surface area contributed by atoms with Gasteiger partial charge in [-0.2, -0.15) is 0 Å². The number of hydrogen-bond donors (Lipinski definition) is 1. The lowest BCUT2D eigenvalue weighted by atomic mass is 9.81. The lowest BCUT2D eigenvalue weighted by Gasteiger charge is -2.21. The Morgan fingerprint density at radius 2 is 1.62 bits per heavy atom. The van der Waals surface area contributed by atoms with Gasteiger partial charge in [0.1, 0.15) is 6.04 Å². The van der Waals surface area contributed by atoms with Gasteiger partial charge in [-0.3, -0.25) is 24.1 Å². The van der Waals surface area contributed by atoms with E-state index in [2.05, 4.69) is 5.32 Å². The van der Waals surface area contributed by atoms with E-state index in [4.69, 9.17) is 4.74 Å². The predicted octanol–water partition coefficient (Wildman–Crippen LogP) is 1.93. The molecule has 3 amide bonds. The zero-order valence-electron chi connectivity index (χ0n) is 16.5. The number of ketones is 1. The third kappa shape index (κ3) is 4.36. The zero-order valence-corrected chi connectivity index (χ0v) is 16.5. The quantitative estimate of drug-likeness (QED) is 0.444. The topological polar surface area (TPSA) is 110 Å². The summed E-state index contributed by atoms with van der Waals surface area (Å²) in [5.41, 5.74) is 0.974. The van der Waals surface area contributed by atoms with Gasteiger partial charge in [0.2, 0.25) is 11.8 Å². The number of anilines is 1. The number of esters is 1. The van der Waals surface area contributed by atoms with E-state index in [-0.39, 0.29) is 29.4 Å². The molecule has 1 heterocycles. The number of rotatable bonds is 6. The summed E-state index contributed by atoms with van der Waals surface area (Å²) in [4.78, 5) is 61.7. The van der Waals surface area contributed by atoms with Crippen molar-refractivity contribution in [3.05, 3.63) is 29.8 Å². The Labute approximate surface area is 168 Å². The van der Waals surface area contributed by atoms with Crippen LogP contribution in [0.1, 0.15) is 49.9 Å². The van der Waals surface area contributed by atoms with Crippen molar-refractivity contribution >= 4 is 35.2 Å². The molecule has 1 saturated heterocycles. The Hall–Kier alpha value is -3.03. The van der Waals surface area contributed by atoms with E-state index in [1.54, 1.807) is 24.3 Å². The summed E-state index contributed by atoms with van der Waals surface area (Å²) in [5, 5.41) is 2.56. The van der Waals surface area contributed by atoms with Gasteiger partial charge in [0.25, 0.3) is 5.91 Å². The summed E-state index contributed by atoms with van der Waals surface area (Å²) in [6, 6.07) is 5.24. The highest BCUT2D eigenvalue weighted by atomic mass is 16.5. The van der Waals surface area contributed by atoms with Crippen molar-refractivity contribution in [2.24, 2.45) is 11.8 Å². The Kier molecular flexibility index (Phi) is 6.10. The summed E-state index contributed by atoms with van der Waals surface area (Å²) in [5.74, 6) is -2.77. The molecule has 0 spiro atoms. The van der Waals surface area contributed by atoms with E-state index in [9.17, 15) is 24.0 Å². The van der Waals surface area contributed by atoms with Gasteiger partial charge in [-0.05, 0) is 51.0 Å². The highest BCUT2D eigenvalue weighted by Gasteiger charge is 2.51. The average Bonchev–Trinajstić information content (AvgIpc) is 2.96. The number of carbonyl (C=O) groups excluding carboxylic acids is 5. The molecule has 0 radical (unpaired) electrons. The molecule has 0 unspecified atom stereocenters. The summed E-state index contributed by atoms with van der Waals surface area (Å²) >= 11 is 0. The minimum Gasteiger partial charge on any atom is -0.454 e. The molecule has 3 rings (SSSR count). The number of Topliss-reactive ketones (excluding diaryl/α,β-unsaturated/α-hetero) is 1. The van der Waals surface area contributed by atoms with Crippen LogP contribution in [-0.4, -0.2) is 47.0 Å². The number of benzene rings is 1. The van der Waals surface area contributed by atoms with Crippen molar-refractivity contribution in [3.63, 3.8) is 0 Å². The molecular formula is C21H24N2O6. The number of likely N-dealkylation sites (tertiary alicyclic amines) is 1. The van der Waals surface area contributed by atoms with Gasteiger partial charge >= 0.3 is 5.97 Å². The van der Waals surface area contributed by atoms with Crippen molar-refractivity contribution in [2.75, 3.05) is 11.9 Å². The van der Waals surface area contributed by atoms with Crippen LogP contribution in [-0.2, 0) is 23.9 Å². The molecule has 29 heavy (non-hydrogen) atoms. The standard InChI is InChI=1S/C21H24N2O6/c1-12(23-19(26)16-5-3-4-6-17(16)20(23)27)21(28)29-11-18(25)22-15-9-7-14(8-10-15)13(2)24/h7-10,12,16-17H,3-6,11H2,1-2H3,(H,22,25)/t12-,16-,17+/m0/s1. The molecule has 1 aromatic carbocycles. The molecule has 1 saturated carbocycles. The molecule has 8 heteroatoms. The van der Waals surface area contributed by atoms with Crippen LogP contribution in [0, 0.1) is 11.8 Å². The normalized spacial score (nSPS) is 22.1. The second kappa shape index (κ2) is 8.55. The fourth-order valence-corrected chi connectivity index (χ4v) is 3.92. The number of imide groups is 1. The van der Waals surface area contributed by atoms with Crippen molar-refractivity contribution in [3.8, 4) is 0 Å². The number of hydrogen-bond acceptors (Lipinski definition) is 6. The molecule has 154 valence electrons. The molecule has 1 aliphatic carbocycles. The Balaban J connectivity index is 1.53. The van der Waals surface area contributed by atoms with Crippen molar-refractivity contribution in [2.45, 2.75) is 45.6 Å². The molecule has 1 N–H and O–H groups in total. The minimum atomic E-state index is -1.07. The lowest BCUT2D eigenvalue weighted by Crippen LogP contribution is -2.45. The van der Waals surface area contributed by atoms with Crippen molar-refractivity contribution < 1.29 is 28.7 Å². The van der Waals surface area contributed by atoms with Gasteiger partial charge in [-0.25, -0.2) is 4.79 Å². The first-order valence-electron chi connectivity index (χ1n) is 9.74.